The first-order valence-corrected chi connectivity index (χ1v) is 13.0. The third kappa shape index (κ3) is 6.28. The van der Waals surface area contributed by atoms with Gasteiger partial charge in [0.1, 0.15) is 18.2 Å². The number of ether oxygens (including phenoxy) is 1. The Morgan fingerprint density at radius 3 is 2.73 bits per heavy atom. The van der Waals surface area contributed by atoms with Crippen LogP contribution in [0.25, 0.3) is 10.9 Å². The van der Waals surface area contributed by atoms with E-state index in [2.05, 4.69) is 41.9 Å². The largest absolute Gasteiger partial charge is 0.481 e. The van der Waals surface area contributed by atoms with Crippen LogP contribution in [0.15, 0.2) is 73.4 Å². The van der Waals surface area contributed by atoms with Gasteiger partial charge in [0.25, 0.3) is 5.56 Å². The second-order valence-electron chi connectivity index (χ2n) is 8.18. The molecule has 0 aliphatic carbocycles. The summed E-state index contributed by atoms with van der Waals surface area (Å²) in [4.78, 5) is 29.1. The number of hydrogen-bond acceptors (Lipinski definition) is 6. The molecule has 37 heavy (non-hydrogen) atoms. The van der Waals surface area contributed by atoms with Crippen LogP contribution in [0.1, 0.15) is 36.7 Å². The first kappa shape index (κ1) is 26.6. The van der Waals surface area contributed by atoms with Crippen molar-refractivity contribution in [3.8, 4) is 5.75 Å². The molecule has 1 aromatic heterocycles. The lowest BCUT2D eigenvalue weighted by atomic mass is 10.2. The third-order valence-corrected chi connectivity index (χ3v) is 6.55. The van der Waals surface area contributed by atoms with E-state index in [1.807, 2.05) is 13.0 Å². The molecule has 0 aliphatic heterocycles. The van der Waals surface area contributed by atoms with Gasteiger partial charge in [-0.1, -0.05) is 41.4 Å². The zero-order chi connectivity index (χ0) is 26.5. The Hall–Kier alpha value is -3.44. The monoisotopic (exact) mass is 630 g/mol. The number of halogens is 3. The molecule has 1 heterocycles. The Balaban J connectivity index is 1.71. The molecule has 0 N–H and O–H groups in total. The van der Waals surface area contributed by atoms with E-state index in [1.54, 1.807) is 24.3 Å². The highest BCUT2D eigenvalue weighted by molar-refractivity contribution is 9.10. The van der Waals surface area contributed by atoms with Gasteiger partial charge < -0.3 is 4.74 Å². The van der Waals surface area contributed by atoms with Crippen LogP contribution in [-0.2, 0) is 13.0 Å². The van der Waals surface area contributed by atoms with E-state index in [4.69, 9.17) is 4.74 Å². The minimum atomic E-state index is -0.572. The summed E-state index contributed by atoms with van der Waals surface area (Å²) in [5.41, 5.74) is 0.841. The topological polar surface area (TPSA) is 99.6 Å². The molecule has 0 atom stereocenters. The molecular formula is C26H21Br2FN4O4. The summed E-state index contributed by atoms with van der Waals surface area (Å²) in [6.45, 7) is 1.98. The molecule has 3 aromatic carbocycles. The molecule has 0 aliphatic rings. The quantitative estimate of drug-likeness (QED) is 0.115. The Morgan fingerprint density at radius 2 is 2.00 bits per heavy atom. The zero-order valence-corrected chi connectivity index (χ0v) is 22.8. The summed E-state index contributed by atoms with van der Waals surface area (Å²) >= 11 is 6.71. The molecule has 0 unspecified atom stereocenters. The van der Waals surface area contributed by atoms with Gasteiger partial charge in [-0.15, -0.1) is 0 Å². The lowest BCUT2D eigenvalue weighted by Crippen LogP contribution is -2.22. The standard InChI is InChI=1S/C26H21Br2FN4O4/c1-2-3-7-24-31-22-9-8-18(27)13-20(22)26(34)32(24)30-14-17-11-21(28)25(23(12-17)33(35)36)37-15-16-5-4-6-19(29)10-16/h4-6,8-14H,2-3,7,15H2,1H3. The average Bonchev–Trinajstić information content (AvgIpc) is 2.86. The molecule has 0 radical (unpaired) electrons. The molecule has 0 saturated carbocycles. The number of unbranched alkanes of at least 4 members (excludes halogenated alkanes) is 1. The molecule has 11 heteroatoms. The predicted octanol–water partition coefficient (Wildman–Crippen LogP) is 6.77. The molecule has 0 bridgehead atoms. The van der Waals surface area contributed by atoms with Crippen LogP contribution >= 0.6 is 31.9 Å². The lowest BCUT2D eigenvalue weighted by molar-refractivity contribution is -0.386. The van der Waals surface area contributed by atoms with Crippen LogP contribution in [0.3, 0.4) is 0 Å². The minimum absolute atomic E-state index is 0.00411. The average molecular weight is 632 g/mol. The number of benzene rings is 3. The first-order chi connectivity index (χ1) is 17.8. The van der Waals surface area contributed by atoms with Crippen molar-refractivity contribution in [2.75, 3.05) is 0 Å². The predicted molar refractivity (Wildman–Crippen MR) is 147 cm³/mol. The van der Waals surface area contributed by atoms with Gasteiger partial charge in [-0.25, -0.2) is 9.37 Å². The summed E-state index contributed by atoms with van der Waals surface area (Å²) in [5.74, 6) is 0.0799. The third-order valence-electron chi connectivity index (χ3n) is 5.47. The summed E-state index contributed by atoms with van der Waals surface area (Å²) < 4.78 is 21.4. The number of nitrogens with zero attached hydrogens (tertiary/aromatic N) is 4. The van der Waals surface area contributed by atoms with Gasteiger partial charge in [0.2, 0.25) is 5.75 Å². The molecule has 0 fully saturated rings. The number of fused-ring (bicyclic) bond motifs is 1. The lowest BCUT2D eigenvalue weighted by Gasteiger charge is -2.11. The summed E-state index contributed by atoms with van der Waals surface area (Å²) in [6, 6.07) is 14.0. The second-order valence-corrected chi connectivity index (χ2v) is 9.95. The van der Waals surface area contributed by atoms with Crippen molar-refractivity contribution in [1.82, 2.24) is 9.66 Å². The number of rotatable bonds is 9. The van der Waals surface area contributed by atoms with Crippen molar-refractivity contribution >= 4 is 54.7 Å². The van der Waals surface area contributed by atoms with Crippen molar-refractivity contribution in [2.45, 2.75) is 32.8 Å². The van der Waals surface area contributed by atoms with Crippen molar-refractivity contribution in [2.24, 2.45) is 5.10 Å². The second kappa shape index (κ2) is 11.7. The molecule has 4 rings (SSSR count). The maximum absolute atomic E-state index is 13.5. The van der Waals surface area contributed by atoms with Gasteiger partial charge in [0.15, 0.2) is 0 Å². The van der Waals surface area contributed by atoms with Gasteiger partial charge in [-0.3, -0.25) is 14.9 Å². The highest BCUT2D eigenvalue weighted by Crippen LogP contribution is 2.36. The van der Waals surface area contributed by atoms with Crippen molar-refractivity contribution in [1.29, 1.82) is 0 Å². The zero-order valence-electron chi connectivity index (χ0n) is 19.7. The van der Waals surface area contributed by atoms with E-state index in [0.29, 0.717) is 38.7 Å². The summed E-state index contributed by atoms with van der Waals surface area (Å²) in [5, 5.41) is 16.6. The van der Waals surface area contributed by atoms with Crippen LogP contribution in [0.5, 0.6) is 5.75 Å². The molecule has 190 valence electrons. The molecule has 8 nitrogen and oxygen atoms in total. The minimum Gasteiger partial charge on any atom is -0.481 e. The van der Waals surface area contributed by atoms with Crippen LogP contribution in [0.4, 0.5) is 10.1 Å². The van der Waals surface area contributed by atoms with Crippen LogP contribution < -0.4 is 10.3 Å². The van der Waals surface area contributed by atoms with E-state index < -0.39 is 10.7 Å². The number of aryl methyl sites for hydroxylation is 1. The number of nitro groups is 1. The van der Waals surface area contributed by atoms with Gasteiger partial charge in [-0.2, -0.15) is 9.78 Å². The smallest absolute Gasteiger partial charge is 0.312 e. The van der Waals surface area contributed by atoms with E-state index in [9.17, 15) is 19.3 Å². The summed E-state index contributed by atoms with van der Waals surface area (Å²) in [7, 11) is 0. The number of hydrogen-bond donors (Lipinski definition) is 0. The van der Waals surface area contributed by atoms with E-state index in [1.165, 1.54) is 35.2 Å². The first-order valence-electron chi connectivity index (χ1n) is 11.4. The Kier molecular flexibility index (Phi) is 8.45. The van der Waals surface area contributed by atoms with Gasteiger partial charge in [0.05, 0.1) is 26.5 Å². The van der Waals surface area contributed by atoms with Crippen LogP contribution in [0.2, 0.25) is 0 Å². The maximum Gasteiger partial charge on any atom is 0.312 e. The van der Waals surface area contributed by atoms with Crippen molar-refractivity contribution in [3.63, 3.8) is 0 Å². The van der Waals surface area contributed by atoms with Gasteiger partial charge >= 0.3 is 5.69 Å². The normalized spacial score (nSPS) is 11.4. The van der Waals surface area contributed by atoms with Crippen LogP contribution in [-0.4, -0.2) is 20.8 Å². The highest BCUT2D eigenvalue weighted by Gasteiger charge is 2.20. The van der Waals surface area contributed by atoms with E-state index >= 15 is 0 Å². The molecular weight excluding hydrogens is 611 g/mol. The fourth-order valence-corrected chi connectivity index (χ4v) is 4.61. The van der Waals surface area contributed by atoms with E-state index in [0.717, 1.165) is 17.3 Å². The Morgan fingerprint density at radius 1 is 1.19 bits per heavy atom. The molecule has 4 aromatic rings. The Bertz CT molecular complexity index is 1570. The van der Waals surface area contributed by atoms with Gasteiger partial charge in [0, 0.05) is 22.5 Å². The fraction of sp³-hybridized carbons (Fsp3) is 0.192. The number of nitro benzene ring substituents is 1. The van der Waals surface area contributed by atoms with Crippen LogP contribution in [0, 0.1) is 15.9 Å². The SMILES string of the molecule is CCCCc1nc2ccc(Br)cc2c(=O)n1N=Cc1cc(Br)c(OCc2cccc(F)c2)c([N+](=O)[O-])c1. The van der Waals surface area contributed by atoms with E-state index in [-0.39, 0.29) is 23.6 Å². The Labute approximate surface area is 228 Å². The fourth-order valence-electron chi connectivity index (χ4n) is 3.67. The van der Waals surface area contributed by atoms with Crippen molar-refractivity contribution < 1.29 is 14.1 Å². The number of aromatic nitrogens is 2. The maximum atomic E-state index is 13.5. The highest BCUT2D eigenvalue weighted by atomic mass is 79.9. The molecule has 0 saturated heterocycles. The van der Waals surface area contributed by atoms with Crippen molar-refractivity contribution in [3.05, 3.63) is 107 Å². The molecule has 0 spiro atoms. The summed E-state index contributed by atoms with van der Waals surface area (Å²) in [6.07, 6.45) is 3.65. The molecule has 0 amide bonds. The van der Waals surface area contributed by atoms with Gasteiger partial charge in [-0.05, 0) is 64.3 Å².